The van der Waals surface area contributed by atoms with Gasteiger partial charge in [-0.1, -0.05) is 107 Å². The van der Waals surface area contributed by atoms with Crippen molar-refractivity contribution in [2.24, 2.45) is 5.41 Å². The number of benzene rings is 3. The summed E-state index contributed by atoms with van der Waals surface area (Å²) in [6.07, 6.45) is 17.4. The highest BCUT2D eigenvalue weighted by Crippen LogP contribution is 2.37. The average Bonchev–Trinajstić information content (AvgIpc) is 1.93. The van der Waals surface area contributed by atoms with Crippen molar-refractivity contribution in [1.82, 2.24) is 35.5 Å². The van der Waals surface area contributed by atoms with Gasteiger partial charge in [0.15, 0.2) is 0 Å². The molecule has 9 rings (SSSR count). The molecular weight excluding hydrogens is 1140 g/mol. The Morgan fingerprint density at radius 2 is 1.53 bits per heavy atom. The van der Waals surface area contributed by atoms with Crippen molar-refractivity contribution in [3.8, 4) is 49.8 Å². The van der Waals surface area contributed by atoms with Gasteiger partial charge in [-0.05, 0) is 102 Å². The third-order valence-corrected chi connectivity index (χ3v) is 16.7. The Labute approximate surface area is 527 Å². The van der Waals surface area contributed by atoms with E-state index in [4.69, 9.17) is 33.7 Å². The molecule has 0 saturated carbocycles. The Morgan fingerprint density at radius 1 is 0.787 bits per heavy atom. The van der Waals surface area contributed by atoms with Crippen molar-refractivity contribution in [3.63, 3.8) is 0 Å². The first-order valence-electron chi connectivity index (χ1n) is 30.9. The third kappa shape index (κ3) is 18.1. The quantitative estimate of drug-likeness (QED) is 0.0309. The molecule has 3 aromatic carbocycles. The Bertz CT molecular complexity index is 3550. The number of carbonyl (C=O) groups excluding carboxylic acids is 3. The van der Waals surface area contributed by atoms with E-state index in [2.05, 4.69) is 107 Å². The van der Waals surface area contributed by atoms with Crippen LogP contribution in [0.4, 0.5) is 5.69 Å². The molecule has 0 bridgehead atoms. The van der Waals surface area contributed by atoms with Crippen molar-refractivity contribution in [3.05, 3.63) is 160 Å². The molecule has 17 nitrogen and oxygen atoms in total. The second-order valence-electron chi connectivity index (χ2n) is 23.7. The number of aromatic nitrogens is 4. The third-order valence-electron chi connectivity index (χ3n) is 15.7. The number of aliphatic hydroxyl groups is 1. The number of carbonyl (C=O) groups is 3. The summed E-state index contributed by atoms with van der Waals surface area (Å²) >= 11 is 1.58. The van der Waals surface area contributed by atoms with E-state index in [0.717, 1.165) is 96.3 Å². The van der Waals surface area contributed by atoms with Crippen LogP contribution in [0.1, 0.15) is 105 Å². The molecule has 0 radical (unpaired) electrons. The van der Waals surface area contributed by atoms with Crippen molar-refractivity contribution >= 4 is 53.0 Å². The van der Waals surface area contributed by atoms with Crippen LogP contribution in [0.5, 0.6) is 5.75 Å². The summed E-state index contributed by atoms with van der Waals surface area (Å²) < 4.78 is 29.2. The van der Waals surface area contributed by atoms with E-state index in [1.165, 1.54) is 16.0 Å². The summed E-state index contributed by atoms with van der Waals surface area (Å²) in [5.41, 5.74) is 16.2. The first kappa shape index (κ1) is 65.5. The molecule has 1 aliphatic heterocycles. The predicted octanol–water partition coefficient (Wildman–Crippen LogP) is 11.8. The molecule has 4 atom stereocenters. The van der Waals surface area contributed by atoms with Crippen molar-refractivity contribution in [1.29, 1.82) is 0 Å². The van der Waals surface area contributed by atoms with Crippen molar-refractivity contribution in [2.75, 3.05) is 77.9 Å². The molecule has 18 heteroatoms. The number of aliphatic hydroxyl groups excluding tert-OH is 1. The van der Waals surface area contributed by atoms with Crippen LogP contribution in [0.25, 0.3) is 62.3 Å². The molecule has 468 valence electrons. The second-order valence-corrected chi connectivity index (χ2v) is 24.5. The summed E-state index contributed by atoms with van der Waals surface area (Å²) in [7, 11) is 0. The van der Waals surface area contributed by atoms with Gasteiger partial charge in [0.1, 0.15) is 17.8 Å². The number of nitrogens with one attached hydrogen (secondary N) is 3. The molecule has 5 heterocycles. The number of rotatable bonds is 30. The fourth-order valence-electron chi connectivity index (χ4n) is 10.9. The topological polar surface area (TPSA) is 208 Å². The lowest BCUT2D eigenvalue weighted by Gasteiger charge is -2.35. The van der Waals surface area contributed by atoms with Gasteiger partial charge in [0.05, 0.1) is 93.0 Å². The van der Waals surface area contributed by atoms with Gasteiger partial charge >= 0.3 is 0 Å². The Morgan fingerprint density at radius 3 is 2.24 bits per heavy atom. The maximum absolute atomic E-state index is 14.0. The summed E-state index contributed by atoms with van der Waals surface area (Å²) in [6.45, 7) is 18.2. The number of amides is 3. The van der Waals surface area contributed by atoms with Gasteiger partial charge in [-0.25, -0.2) is 4.98 Å². The van der Waals surface area contributed by atoms with Gasteiger partial charge in [-0.2, -0.15) is 0 Å². The maximum Gasteiger partial charge on any atom is 0.246 e. The maximum atomic E-state index is 14.0. The number of β-amino-alcohol motifs (C(OH)–C–C–N with tert-alkyl or cyclic N) is 1. The minimum absolute atomic E-state index is 0.00572. The zero-order valence-corrected chi connectivity index (χ0v) is 53.1. The second kappa shape index (κ2) is 32.0. The summed E-state index contributed by atoms with van der Waals surface area (Å²) in [4.78, 5) is 61.9. The van der Waals surface area contributed by atoms with E-state index < -0.39 is 29.5 Å². The highest BCUT2D eigenvalue weighted by molar-refractivity contribution is 7.13. The average molecular weight is 1230 g/mol. The normalized spacial score (nSPS) is 15.9. The van der Waals surface area contributed by atoms with Crippen LogP contribution in [0, 0.1) is 19.3 Å². The Hall–Kier alpha value is -7.97. The van der Waals surface area contributed by atoms with E-state index in [1.807, 2.05) is 100 Å². The molecule has 0 unspecified atom stereocenters. The number of aryl methyl sites for hydroxylation is 2. The minimum atomic E-state index is -0.933. The van der Waals surface area contributed by atoms with Crippen molar-refractivity contribution < 1.29 is 43.2 Å². The van der Waals surface area contributed by atoms with E-state index in [0.29, 0.717) is 58.7 Å². The number of allylic oxidation sites excluding steroid dienone is 1. The number of nitrogens with zero attached hydrogens (tertiary/aromatic N) is 5. The van der Waals surface area contributed by atoms with Gasteiger partial charge in [0, 0.05) is 96.8 Å². The highest BCUT2D eigenvalue weighted by Gasteiger charge is 2.44. The molecule has 3 amide bonds. The molecule has 0 spiro atoms. The molecule has 1 fully saturated rings. The number of anilines is 1. The fourth-order valence-corrected chi connectivity index (χ4v) is 11.7. The number of ether oxygens (including phenoxy) is 5. The lowest BCUT2D eigenvalue weighted by molar-refractivity contribution is -0.144. The molecule has 1 saturated heterocycles. The van der Waals surface area contributed by atoms with E-state index in [9.17, 15) is 19.5 Å². The molecule has 4 aromatic heterocycles. The van der Waals surface area contributed by atoms with Gasteiger partial charge in [-0.15, -0.1) is 11.3 Å². The smallest absolute Gasteiger partial charge is 0.246 e. The number of fused-ring (bicyclic) bond motifs is 1. The zero-order valence-electron chi connectivity index (χ0n) is 52.3. The summed E-state index contributed by atoms with van der Waals surface area (Å²) in [5.74, 6) is 0.0858. The van der Waals surface area contributed by atoms with Crippen LogP contribution in [0.3, 0.4) is 0 Å². The van der Waals surface area contributed by atoms with Gasteiger partial charge < -0.3 is 49.6 Å². The predicted molar refractivity (Wildman–Crippen MR) is 352 cm³/mol. The first-order valence-corrected chi connectivity index (χ1v) is 31.7. The van der Waals surface area contributed by atoms with Gasteiger partial charge in [0.2, 0.25) is 17.7 Å². The minimum Gasteiger partial charge on any atom is -0.493 e. The molecular formula is C71H84N8O9S. The van der Waals surface area contributed by atoms with Gasteiger partial charge in [0.25, 0.3) is 0 Å². The number of likely N-dealkylation sites (tertiary alicyclic amines) is 1. The molecule has 4 N–H and O–H groups in total. The lowest BCUT2D eigenvalue weighted by atomic mass is 9.85. The molecule has 7 aromatic rings. The highest BCUT2D eigenvalue weighted by atomic mass is 32.1. The van der Waals surface area contributed by atoms with Crippen LogP contribution < -0.4 is 20.7 Å². The number of hydrogen-bond acceptors (Lipinski definition) is 15. The lowest BCUT2D eigenvalue weighted by Crippen LogP contribution is -2.57. The Kier molecular flexibility index (Phi) is 23.5. The number of hydrogen-bond donors (Lipinski definition) is 4. The fraction of sp³-hybridized carbons (Fsp3) is 0.394. The van der Waals surface area contributed by atoms with Crippen LogP contribution in [0.15, 0.2) is 121 Å². The Balaban J connectivity index is 0.662. The van der Waals surface area contributed by atoms with Crippen LogP contribution >= 0.6 is 11.3 Å². The molecule has 1 aliphatic carbocycles. The molecule has 2 aliphatic rings. The number of thiazole rings is 1. The van der Waals surface area contributed by atoms with Crippen LogP contribution in [0.2, 0.25) is 0 Å². The standard InChI is InChI=1S/C71H84N8O9S/c1-8-27-88-63-39-58(22-23-60(63)65-48(3)36-57(44-74-65)66-54(38-56(43-75-66)55-13-10-25-72-42-55)21-15-50-14-18-52-12-9-11-47(2)61(52)37-50)73-26-29-85-31-33-87-35-34-86-32-30-84-28-24-64(81)78-68(71(5,6)7)70(83)79-45-59(80)40-62(79)69(82)76-41-51-16-19-53(20-17-51)67-49(4)77-46-89-67/h9-10,12-23,25,36-39,42-44,46-47,59,62,68,73,80H,8,11,24,26-35,40-41,45H2,1-7H3,(H,76,82)(H,78,81)/b21-15+/t47-,59+,62-,68+/m0/s1. The zero-order chi connectivity index (χ0) is 62.7. The van der Waals surface area contributed by atoms with E-state index in [-0.39, 0.29) is 51.0 Å². The largest absolute Gasteiger partial charge is 0.493 e. The SMILES string of the molecule is CCCOc1cc(NCCOCCOCCOCCOCCC(=O)N[C@H](C(=O)N2C[C@H](O)C[C@H]2C(=O)NCc2ccc(-c3scnc3C)cc2)C(C)(C)C)ccc1-c1ncc(-c2ncc(-c3cccnc3)cc2/C=C/c2ccc3c(c2)[C@@H](C)CC=C3)cc1C. The summed E-state index contributed by atoms with van der Waals surface area (Å²) in [6, 6.07) is 27.2. The first-order chi connectivity index (χ1) is 43.1. The van der Waals surface area contributed by atoms with E-state index >= 15 is 0 Å². The van der Waals surface area contributed by atoms with Crippen molar-refractivity contribution in [2.45, 2.75) is 105 Å². The van der Waals surface area contributed by atoms with Crippen LogP contribution in [-0.2, 0) is 39.9 Å². The van der Waals surface area contributed by atoms with E-state index in [1.54, 1.807) is 17.5 Å². The number of pyridine rings is 3. The summed E-state index contributed by atoms with van der Waals surface area (Å²) in [5, 5.41) is 19.9. The molecule has 89 heavy (non-hydrogen) atoms. The van der Waals surface area contributed by atoms with Gasteiger partial charge in [-0.3, -0.25) is 29.3 Å². The monoisotopic (exact) mass is 1220 g/mol. The van der Waals surface area contributed by atoms with Crippen LogP contribution in [-0.4, -0.2) is 138 Å².